The van der Waals surface area contributed by atoms with E-state index in [2.05, 4.69) is 0 Å². The summed E-state index contributed by atoms with van der Waals surface area (Å²) >= 11 is -2.06. The van der Waals surface area contributed by atoms with Crippen molar-refractivity contribution in [2.75, 3.05) is 0 Å². The Hall–Kier alpha value is -1.00. The third-order valence-corrected chi connectivity index (χ3v) is 4.49. The van der Waals surface area contributed by atoms with E-state index in [1.54, 1.807) is 12.1 Å². The minimum atomic E-state index is -2.06. The molecule has 1 aromatic rings. The van der Waals surface area contributed by atoms with Crippen molar-refractivity contribution in [3.05, 3.63) is 35.4 Å². The van der Waals surface area contributed by atoms with Crippen molar-refractivity contribution >= 4 is 17.4 Å². The van der Waals surface area contributed by atoms with Crippen molar-refractivity contribution in [3.8, 4) is 0 Å². The van der Waals surface area contributed by atoms with E-state index < -0.39 is 11.1 Å². The van der Waals surface area contributed by atoms with E-state index >= 15 is 0 Å². The molecule has 2 unspecified atom stereocenters. The Morgan fingerprint density at radius 3 is 2.42 bits per heavy atom. The minimum Gasteiger partial charge on any atom is -0.772 e. The third kappa shape index (κ3) is 4.25. The molecule has 0 aromatic heterocycles. The maximum absolute atomic E-state index is 11.3. The smallest absolute Gasteiger partial charge is 0.127 e. The Bertz CT molecular complexity index is 435. The normalized spacial score (nSPS) is 19.2. The Balaban J connectivity index is 2.01. The molecule has 0 radical (unpaired) electrons. The summed E-state index contributed by atoms with van der Waals surface area (Å²) in [4.78, 5) is 11.3. The first-order valence-electron chi connectivity index (χ1n) is 6.79. The van der Waals surface area contributed by atoms with E-state index in [0.717, 1.165) is 23.8 Å². The predicted octanol–water partition coefficient (Wildman–Crippen LogP) is 2.93. The second kappa shape index (κ2) is 6.96. The van der Waals surface area contributed by atoms with Crippen molar-refractivity contribution in [1.29, 1.82) is 0 Å². The highest BCUT2D eigenvalue weighted by molar-refractivity contribution is 7.78. The summed E-state index contributed by atoms with van der Waals surface area (Å²) in [6, 6.07) is 7.37. The van der Waals surface area contributed by atoms with Crippen LogP contribution in [0.5, 0.6) is 0 Å². The van der Waals surface area contributed by atoms with Gasteiger partial charge in [-0.05, 0) is 23.5 Å². The molecular weight excluding hydrogens is 260 g/mol. The first-order chi connectivity index (χ1) is 9.19. The fraction of sp³-hybridized carbons (Fsp3) is 0.533. The molecule has 0 heterocycles. The van der Waals surface area contributed by atoms with Crippen molar-refractivity contribution < 1.29 is 13.6 Å². The second-order valence-corrected chi connectivity index (χ2v) is 6.21. The van der Waals surface area contributed by atoms with Crippen LogP contribution in [-0.2, 0) is 21.6 Å². The SMILES string of the molecule is O=CC(CC1CCCC1)c1ccc(CS(=O)[O-])cc1. The van der Waals surface area contributed by atoms with Crippen molar-refractivity contribution in [2.45, 2.75) is 43.8 Å². The molecule has 1 aliphatic rings. The van der Waals surface area contributed by atoms with Gasteiger partial charge in [0.1, 0.15) is 6.29 Å². The van der Waals surface area contributed by atoms with Crippen LogP contribution in [0.2, 0.25) is 0 Å². The second-order valence-electron chi connectivity index (χ2n) is 5.32. The van der Waals surface area contributed by atoms with Gasteiger partial charge in [-0.2, -0.15) is 0 Å². The van der Waals surface area contributed by atoms with Crippen LogP contribution in [0.3, 0.4) is 0 Å². The van der Waals surface area contributed by atoms with E-state index in [-0.39, 0.29) is 11.7 Å². The van der Waals surface area contributed by atoms with Crippen LogP contribution < -0.4 is 0 Å². The molecule has 0 bridgehead atoms. The van der Waals surface area contributed by atoms with Gasteiger partial charge in [-0.15, -0.1) is 0 Å². The molecule has 0 saturated heterocycles. The van der Waals surface area contributed by atoms with Gasteiger partial charge in [0.2, 0.25) is 0 Å². The van der Waals surface area contributed by atoms with Gasteiger partial charge >= 0.3 is 0 Å². The zero-order valence-corrected chi connectivity index (χ0v) is 11.7. The van der Waals surface area contributed by atoms with Crippen LogP contribution in [0.15, 0.2) is 24.3 Å². The monoisotopic (exact) mass is 279 g/mol. The van der Waals surface area contributed by atoms with Crippen LogP contribution >= 0.6 is 0 Å². The fourth-order valence-electron chi connectivity index (χ4n) is 2.87. The minimum absolute atomic E-state index is 0.0364. The number of carbonyl (C=O) groups is 1. The Morgan fingerprint density at radius 2 is 1.89 bits per heavy atom. The summed E-state index contributed by atoms with van der Waals surface area (Å²) in [7, 11) is 0. The Kier molecular flexibility index (Phi) is 5.28. The molecule has 1 aromatic carbocycles. The largest absolute Gasteiger partial charge is 0.772 e. The maximum Gasteiger partial charge on any atom is 0.127 e. The van der Waals surface area contributed by atoms with Gasteiger partial charge in [0.15, 0.2) is 0 Å². The van der Waals surface area contributed by atoms with E-state index in [9.17, 15) is 13.6 Å². The molecule has 2 rings (SSSR count). The molecule has 1 fully saturated rings. The van der Waals surface area contributed by atoms with Crippen LogP contribution in [0.25, 0.3) is 0 Å². The number of hydrogen-bond acceptors (Lipinski definition) is 3. The summed E-state index contributed by atoms with van der Waals surface area (Å²) in [5.41, 5.74) is 1.77. The molecule has 0 N–H and O–H groups in total. The maximum atomic E-state index is 11.3. The molecular formula is C15H19O3S-. The van der Waals surface area contributed by atoms with Crippen LogP contribution in [0.4, 0.5) is 0 Å². The van der Waals surface area contributed by atoms with E-state index in [1.165, 1.54) is 25.7 Å². The van der Waals surface area contributed by atoms with Gasteiger partial charge in [0, 0.05) is 11.7 Å². The molecule has 19 heavy (non-hydrogen) atoms. The molecule has 104 valence electrons. The Morgan fingerprint density at radius 1 is 1.26 bits per heavy atom. The van der Waals surface area contributed by atoms with Crippen LogP contribution in [0.1, 0.15) is 49.1 Å². The highest BCUT2D eigenvalue weighted by Gasteiger charge is 2.20. The average molecular weight is 279 g/mol. The van der Waals surface area contributed by atoms with E-state index in [0.29, 0.717) is 5.92 Å². The lowest BCUT2D eigenvalue weighted by atomic mass is 9.89. The molecule has 0 spiro atoms. The van der Waals surface area contributed by atoms with E-state index in [4.69, 9.17) is 0 Å². The molecule has 0 amide bonds. The van der Waals surface area contributed by atoms with Gasteiger partial charge in [0.05, 0.1) is 0 Å². The number of carbonyl (C=O) groups excluding carboxylic acids is 1. The Labute approximate surface area is 116 Å². The fourth-order valence-corrected chi connectivity index (χ4v) is 3.34. The van der Waals surface area contributed by atoms with Crippen LogP contribution in [-0.4, -0.2) is 15.0 Å². The zero-order chi connectivity index (χ0) is 13.7. The topological polar surface area (TPSA) is 57.2 Å². The molecule has 3 nitrogen and oxygen atoms in total. The van der Waals surface area contributed by atoms with Gasteiger partial charge in [-0.3, -0.25) is 4.21 Å². The average Bonchev–Trinajstić information content (AvgIpc) is 2.89. The zero-order valence-electron chi connectivity index (χ0n) is 10.9. The highest BCUT2D eigenvalue weighted by Crippen LogP contribution is 2.33. The molecule has 4 heteroatoms. The summed E-state index contributed by atoms with van der Waals surface area (Å²) in [6.45, 7) is 0. The van der Waals surface area contributed by atoms with Gasteiger partial charge < -0.3 is 9.35 Å². The number of hydrogen-bond donors (Lipinski definition) is 0. The first kappa shape index (κ1) is 14.4. The van der Waals surface area contributed by atoms with Crippen molar-refractivity contribution in [3.63, 3.8) is 0 Å². The summed E-state index contributed by atoms with van der Waals surface area (Å²) in [6.07, 6.45) is 6.99. The molecule has 0 aliphatic heterocycles. The molecule has 1 aliphatic carbocycles. The van der Waals surface area contributed by atoms with Gasteiger partial charge in [-0.25, -0.2) is 0 Å². The number of rotatable bonds is 6. The summed E-state index contributed by atoms with van der Waals surface area (Å²) in [5.74, 6) is 0.660. The lowest BCUT2D eigenvalue weighted by molar-refractivity contribution is -0.109. The highest BCUT2D eigenvalue weighted by atomic mass is 32.2. The van der Waals surface area contributed by atoms with Gasteiger partial charge in [0.25, 0.3) is 0 Å². The first-order valence-corrected chi connectivity index (χ1v) is 8.03. The summed E-state index contributed by atoms with van der Waals surface area (Å²) < 4.78 is 21.2. The van der Waals surface area contributed by atoms with Crippen molar-refractivity contribution in [2.24, 2.45) is 5.92 Å². The third-order valence-electron chi connectivity index (χ3n) is 3.92. The predicted molar refractivity (Wildman–Crippen MR) is 74.4 cm³/mol. The molecule has 2 atom stereocenters. The van der Waals surface area contributed by atoms with Crippen molar-refractivity contribution in [1.82, 2.24) is 0 Å². The number of benzene rings is 1. The van der Waals surface area contributed by atoms with Crippen LogP contribution in [0, 0.1) is 5.92 Å². The standard InChI is InChI=1S/C15H20O3S/c16-10-15(9-12-3-1-2-4-12)14-7-5-13(6-8-14)11-19(17)18/h5-8,10,12,15H,1-4,9,11H2,(H,17,18)/p-1. The quantitative estimate of drug-likeness (QED) is 0.594. The summed E-state index contributed by atoms with van der Waals surface area (Å²) in [5, 5.41) is 0. The molecule has 1 saturated carbocycles. The number of aldehydes is 1. The lowest BCUT2D eigenvalue weighted by Gasteiger charge is -2.16. The van der Waals surface area contributed by atoms with Gasteiger partial charge in [-0.1, -0.05) is 61.0 Å². The lowest BCUT2D eigenvalue weighted by Crippen LogP contribution is -2.06. The van der Waals surface area contributed by atoms with E-state index in [1.807, 2.05) is 12.1 Å².